The van der Waals surface area contributed by atoms with Crippen molar-refractivity contribution in [3.05, 3.63) is 29.3 Å². The van der Waals surface area contributed by atoms with Gasteiger partial charge in [-0.25, -0.2) is 4.79 Å². The highest BCUT2D eigenvalue weighted by Crippen LogP contribution is 2.34. The molecule has 0 heterocycles. The Balaban J connectivity index is 3.16. The van der Waals surface area contributed by atoms with Crippen LogP contribution in [-0.4, -0.2) is 17.1 Å². The third-order valence-electron chi connectivity index (χ3n) is 3.15. The summed E-state index contributed by atoms with van der Waals surface area (Å²) >= 11 is 0. The van der Waals surface area contributed by atoms with Crippen molar-refractivity contribution in [2.45, 2.75) is 39.4 Å². The summed E-state index contributed by atoms with van der Waals surface area (Å²) in [6.45, 7) is 5.88. The lowest BCUT2D eigenvalue weighted by Gasteiger charge is -2.23. The van der Waals surface area contributed by atoms with Gasteiger partial charge in [0.05, 0.1) is 11.1 Å². The van der Waals surface area contributed by atoms with Crippen molar-refractivity contribution in [1.82, 2.24) is 0 Å². The first-order chi connectivity index (χ1) is 9.16. The van der Waals surface area contributed by atoms with E-state index in [0.29, 0.717) is 0 Å². The number of carbonyl (C=O) groups is 1. The highest BCUT2D eigenvalue weighted by Gasteiger charge is 2.35. The van der Waals surface area contributed by atoms with Gasteiger partial charge in [-0.3, -0.25) is 0 Å². The predicted octanol–water partition coefficient (Wildman–Crippen LogP) is 4.25. The fourth-order valence-corrected chi connectivity index (χ4v) is 2.01. The number of carboxylic acids is 1. The first-order valence-electron chi connectivity index (χ1n) is 6.37. The monoisotopic (exact) mass is 289 g/mol. The minimum absolute atomic E-state index is 0.0340. The topological polar surface area (TPSA) is 49.3 Å². The van der Waals surface area contributed by atoms with Crippen molar-refractivity contribution < 1.29 is 23.1 Å². The van der Waals surface area contributed by atoms with E-state index in [1.54, 1.807) is 0 Å². The maximum Gasteiger partial charge on any atom is 0.417 e. The molecule has 20 heavy (non-hydrogen) atoms. The van der Waals surface area contributed by atoms with Gasteiger partial charge in [-0.05, 0) is 30.5 Å². The van der Waals surface area contributed by atoms with E-state index in [9.17, 15) is 18.0 Å². The van der Waals surface area contributed by atoms with Gasteiger partial charge in [-0.15, -0.1) is 0 Å². The van der Waals surface area contributed by atoms with E-state index in [-0.39, 0.29) is 17.6 Å². The van der Waals surface area contributed by atoms with Gasteiger partial charge in [-0.2, -0.15) is 13.2 Å². The van der Waals surface area contributed by atoms with E-state index in [4.69, 9.17) is 5.11 Å². The van der Waals surface area contributed by atoms with Crippen molar-refractivity contribution in [2.24, 2.45) is 5.92 Å². The number of anilines is 1. The lowest BCUT2D eigenvalue weighted by atomic mass is 10.0. The van der Waals surface area contributed by atoms with E-state index in [0.717, 1.165) is 18.6 Å². The zero-order valence-electron chi connectivity index (χ0n) is 11.6. The molecule has 0 spiro atoms. The number of hydrogen-bond acceptors (Lipinski definition) is 2. The number of rotatable bonds is 5. The Bertz CT molecular complexity index is 484. The van der Waals surface area contributed by atoms with E-state index in [2.05, 4.69) is 5.32 Å². The first-order valence-corrected chi connectivity index (χ1v) is 6.37. The van der Waals surface area contributed by atoms with E-state index < -0.39 is 23.3 Å². The second-order valence-electron chi connectivity index (χ2n) is 4.97. The SMILES string of the molecule is CCC(Nc1ccc(C(=O)O)c(C(F)(F)F)c1)C(C)C. The molecule has 0 saturated heterocycles. The van der Waals surface area contributed by atoms with Gasteiger partial charge >= 0.3 is 12.1 Å². The molecule has 0 saturated carbocycles. The largest absolute Gasteiger partial charge is 0.478 e. The summed E-state index contributed by atoms with van der Waals surface area (Å²) in [5.41, 5.74) is -1.59. The van der Waals surface area contributed by atoms with Crippen LogP contribution in [0.4, 0.5) is 18.9 Å². The van der Waals surface area contributed by atoms with E-state index >= 15 is 0 Å². The molecule has 0 radical (unpaired) electrons. The molecule has 0 aliphatic rings. The summed E-state index contributed by atoms with van der Waals surface area (Å²) in [5, 5.41) is 11.8. The van der Waals surface area contributed by atoms with Gasteiger partial charge in [0.15, 0.2) is 0 Å². The summed E-state index contributed by atoms with van der Waals surface area (Å²) < 4.78 is 38.6. The normalized spacial score (nSPS) is 13.3. The Hall–Kier alpha value is -1.72. The molecular formula is C14H18F3NO2. The van der Waals surface area contributed by atoms with E-state index in [1.807, 2.05) is 20.8 Å². The molecule has 2 N–H and O–H groups in total. The fraction of sp³-hybridized carbons (Fsp3) is 0.500. The van der Waals surface area contributed by atoms with Gasteiger partial charge in [-0.1, -0.05) is 20.8 Å². The molecule has 112 valence electrons. The standard InChI is InChI=1S/C14H18F3NO2/c1-4-12(8(2)3)18-9-5-6-10(13(19)20)11(7-9)14(15,16)17/h5-8,12,18H,4H2,1-3H3,(H,19,20). The molecule has 0 fully saturated rings. The molecular weight excluding hydrogens is 271 g/mol. The minimum Gasteiger partial charge on any atom is -0.478 e. The van der Waals surface area contributed by atoms with Gasteiger partial charge < -0.3 is 10.4 Å². The first kappa shape index (κ1) is 16.3. The number of hydrogen-bond donors (Lipinski definition) is 2. The number of alkyl halides is 3. The zero-order chi connectivity index (χ0) is 15.5. The molecule has 0 aromatic heterocycles. The van der Waals surface area contributed by atoms with Crippen LogP contribution in [0.3, 0.4) is 0 Å². The maximum absolute atomic E-state index is 12.9. The van der Waals surface area contributed by atoms with Crippen LogP contribution < -0.4 is 5.32 Å². The second-order valence-corrected chi connectivity index (χ2v) is 4.97. The lowest BCUT2D eigenvalue weighted by molar-refractivity contribution is -0.138. The molecule has 1 aromatic rings. The lowest BCUT2D eigenvalue weighted by Crippen LogP contribution is -2.25. The minimum atomic E-state index is -4.69. The van der Waals surface area contributed by atoms with Crippen molar-refractivity contribution in [3.63, 3.8) is 0 Å². The Morgan fingerprint density at radius 1 is 1.35 bits per heavy atom. The molecule has 0 bridgehead atoms. The van der Waals surface area contributed by atoms with Gasteiger partial charge in [0.25, 0.3) is 0 Å². The van der Waals surface area contributed by atoms with Gasteiger partial charge in [0.1, 0.15) is 0 Å². The average molecular weight is 289 g/mol. The summed E-state index contributed by atoms with van der Waals surface area (Å²) in [4.78, 5) is 10.8. The maximum atomic E-state index is 12.9. The number of nitrogens with one attached hydrogen (secondary N) is 1. The Labute approximate surface area is 115 Å². The molecule has 0 aliphatic carbocycles. The molecule has 3 nitrogen and oxygen atoms in total. The third-order valence-corrected chi connectivity index (χ3v) is 3.15. The van der Waals surface area contributed by atoms with Crippen LogP contribution in [0.5, 0.6) is 0 Å². The van der Waals surface area contributed by atoms with E-state index in [1.165, 1.54) is 6.07 Å². The smallest absolute Gasteiger partial charge is 0.417 e. The molecule has 1 atom stereocenters. The number of halogens is 3. The highest BCUT2D eigenvalue weighted by molar-refractivity contribution is 5.90. The molecule has 1 unspecified atom stereocenters. The molecule has 0 aliphatic heterocycles. The van der Waals surface area contributed by atoms with Crippen molar-refractivity contribution in [3.8, 4) is 0 Å². The number of benzene rings is 1. The summed E-state index contributed by atoms with van der Waals surface area (Å²) in [5.74, 6) is -1.33. The molecule has 0 amide bonds. The Morgan fingerprint density at radius 2 is 1.95 bits per heavy atom. The molecule has 6 heteroatoms. The summed E-state index contributed by atoms with van der Waals surface area (Å²) in [6, 6.07) is 3.24. The Kier molecular flexibility index (Phi) is 5.03. The van der Waals surface area contributed by atoms with Crippen LogP contribution in [0.25, 0.3) is 0 Å². The summed E-state index contributed by atoms with van der Waals surface area (Å²) in [6.07, 6.45) is -3.93. The van der Waals surface area contributed by atoms with Crippen molar-refractivity contribution >= 4 is 11.7 Å². The van der Waals surface area contributed by atoms with Crippen LogP contribution >= 0.6 is 0 Å². The second kappa shape index (κ2) is 6.15. The fourth-order valence-electron chi connectivity index (χ4n) is 2.01. The van der Waals surface area contributed by atoms with Crippen molar-refractivity contribution in [1.29, 1.82) is 0 Å². The summed E-state index contributed by atoms with van der Waals surface area (Å²) in [7, 11) is 0. The quantitative estimate of drug-likeness (QED) is 0.852. The van der Waals surface area contributed by atoms with Crippen molar-refractivity contribution in [2.75, 3.05) is 5.32 Å². The average Bonchev–Trinajstić information content (AvgIpc) is 2.34. The number of carboxylic acid groups (broad SMARTS) is 1. The van der Waals surface area contributed by atoms with Crippen LogP contribution in [0, 0.1) is 5.92 Å². The van der Waals surface area contributed by atoms with Crippen LogP contribution in [0.2, 0.25) is 0 Å². The number of aromatic carboxylic acids is 1. The molecule has 1 rings (SSSR count). The van der Waals surface area contributed by atoms with Crippen LogP contribution in [0.1, 0.15) is 43.1 Å². The zero-order valence-corrected chi connectivity index (χ0v) is 11.6. The Morgan fingerprint density at radius 3 is 2.35 bits per heavy atom. The highest BCUT2D eigenvalue weighted by atomic mass is 19.4. The molecule has 1 aromatic carbocycles. The van der Waals surface area contributed by atoms with Crippen LogP contribution in [0.15, 0.2) is 18.2 Å². The third kappa shape index (κ3) is 3.88. The predicted molar refractivity (Wildman–Crippen MR) is 70.9 cm³/mol. The van der Waals surface area contributed by atoms with Crippen LogP contribution in [-0.2, 0) is 6.18 Å². The van der Waals surface area contributed by atoms with Gasteiger partial charge in [0, 0.05) is 11.7 Å². The van der Waals surface area contributed by atoms with Gasteiger partial charge in [0.2, 0.25) is 0 Å².